The van der Waals surface area contributed by atoms with Crippen LogP contribution in [0.1, 0.15) is 20.8 Å². The summed E-state index contributed by atoms with van der Waals surface area (Å²) in [4.78, 5) is 32.3. The van der Waals surface area contributed by atoms with Gasteiger partial charge in [0, 0.05) is 17.8 Å². The number of ether oxygens (including phenoxy) is 3. The van der Waals surface area contributed by atoms with Crippen LogP contribution in [0.25, 0.3) is 0 Å². The van der Waals surface area contributed by atoms with E-state index in [1.54, 1.807) is 20.8 Å². The van der Waals surface area contributed by atoms with Crippen LogP contribution in [0.5, 0.6) is 0 Å². The molecule has 120 valence electrons. The molecule has 21 heavy (non-hydrogen) atoms. The Morgan fingerprint density at radius 2 is 0.810 bits per heavy atom. The number of carbonyl (C=O) groups is 3. The van der Waals surface area contributed by atoms with Crippen LogP contribution in [0.2, 0.25) is 0 Å². The molecule has 0 spiro atoms. The lowest BCUT2D eigenvalue weighted by atomic mass is 9.71. The topological polar surface area (TPSA) is 140 Å². The average molecular weight is 306 g/mol. The van der Waals surface area contributed by atoms with E-state index in [-0.39, 0.29) is 0 Å². The predicted octanol–water partition coefficient (Wildman–Crippen LogP) is 2.10. The van der Waals surface area contributed by atoms with Gasteiger partial charge in [-0.25, -0.2) is 14.4 Å². The molecule has 0 amide bonds. The zero-order valence-electron chi connectivity index (χ0n) is 11.8. The summed E-state index contributed by atoms with van der Waals surface area (Å²) >= 11 is 0. The van der Waals surface area contributed by atoms with Gasteiger partial charge in [0.2, 0.25) is 0 Å². The average Bonchev–Trinajstić information content (AvgIpc) is 2.35. The van der Waals surface area contributed by atoms with Crippen molar-refractivity contribution in [3.8, 4) is 0 Å². The molecule has 0 heterocycles. The van der Waals surface area contributed by atoms with Gasteiger partial charge in [-0.1, -0.05) is 20.8 Å². The van der Waals surface area contributed by atoms with Gasteiger partial charge in [0.05, 0.1) is 0 Å². The van der Waals surface area contributed by atoms with Gasteiger partial charge in [-0.3, -0.25) is 0 Å². The molecule has 1 saturated carbocycles. The second kappa shape index (κ2) is 6.51. The SMILES string of the molecule is CC1C(OC(=O)O)C(C)C(OC(=O)O)C(C)C1OC(=O)O. The summed E-state index contributed by atoms with van der Waals surface area (Å²) in [6.07, 6.45) is -7.41. The fraction of sp³-hybridized carbons (Fsp3) is 0.750. The summed E-state index contributed by atoms with van der Waals surface area (Å²) in [5.74, 6) is -1.72. The Morgan fingerprint density at radius 3 is 0.952 bits per heavy atom. The van der Waals surface area contributed by atoms with E-state index < -0.39 is 54.5 Å². The monoisotopic (exact) mass is 306 g/mol. The molecule has 1 aliphatic rings. The molecule has 3 N–H and O–H groups in total. The number of hydrogen-bond acceptors (Lipinski definition) is 6. The van der Waals surface area contributed by atoms with E-state index in [1.807, 2.05) is 0 Å². The normalized spacial score (nSPS) is 35.6. The molecule has 0 aromatic rings. The molecule has 0 aromatic heterocycles. The Labute approximate surface area is 120 Å². The zero-order chi connectivity index (χ0) is 16.3. The summed E-state index contributed by atoms with van der Waals surface area (Å²) in [5.41, 5.74) is 0. The summed E-state index contributed by atoms with van der Waals surface area (Å²) < 4.78 is 14.3. The van der Waals surface area contributed by atoms with Gasteiger partial charge in [0.25, 0.3) is 0 Å². The quantitative estimate of drug-likeness (QED) is 0.528. The fourth-order valence-corrected chi connectivity index (χ4v) is 2.99. The maximum absolute atomic E-state index is 10.8. The summed E-state index contributed by atoms with van der Waals surface area (Å²) in [5, 5.41) is 26.3. The first-order valence-corrected chi connectivity index (χ1v) is 6.33. The van der Waals surface area contributed by atoms with Gasteiger partial charge < -0.3 is 29.5 Å². The largest absolute Gasteiger partial charge is 0.506 e. The highest BCUT2D eigenvalue weighted by Crippen LogP contribution is 2.39. The van der Waals surface area contributed by atoms with Gasteiger partial charge >= 0.3 is 18.5 Å². The minimum Gasteiger partial charge on any atom is -0.450 e. The summed E-state index contributed by atoms with van der Waals surface area (Å²) in [6.45, 7) is 4.77. The molecule has 0 radical (unpaired) electrons. The van der Waals surface area contributed by atoms with Crippen LogP contribution in [0.4, 0.5) is 14.4 Å². The molecule has 0 bridgehead atoms. The molecular weight excluding hydrogens is 288 g/mol. The van der Waals surface area contributed by atoms with Crippen LogP contribution in [-0.4, -0.2) is 52.1 Å². The van der Waals surface area contributed by atoms with Gasteiger partial charge in [-0.2, -0.15) is 0 Å². The van der Waals surface area contributed by atoms with Crippen molar-refractivity contribution in [3.05, 3.63) is 0 Å². The minimum atomic E-state index is -1.53. The standard InChI is InChI=1S/C12H18O9/c1-4-7(19-10(13)14)5(2)9(21-12(17)18)6(3)8(4)20-11(15)16/h4-9H,1-3H3,(H,13,14)(H,15,16)(H,17,18). The molecule has 1 rings (SSSR count). The molecule has 0 unspecified atom stereocenters. The van der Waals surface area contributed by atoms with Crippen LogP contribution >= 0.6 is 0 Å². The lowest BCUT2D eigenvalue weighted by Crippen LogP contribution is -2.56. The smallest absolute Gasteiger partial charge is 0.450 e. The van der Waals surface area contributed by atoms with Crippen LogP contribution in [-0.2, 0) is 14.2 Å². The van der Waals surface area contributed by atoms with Crippen molar-refractivity contribution >= 4 is 18.5 Å². The van der Waals surface area contributed by atoms with E-state index in [2.05, 4.69) is 0 Å². The molecule has 9 heteroatoms. The number of carboxylic acid groups (broad SMARTS) is 3. The molecular formula is C12H18O9. The van der Waals surface area contributed by atoms with E-state index in [4.69, 9.17) is 29.5 Å². The van der Waals surface area contributed by atoms with Crippen LogP contribution in [0, 0.1) is 17.8 Å². The van der Waals surface area contributed by atoms with E-state index >= 15 is 0 Å². The molecule has 1 fully saturated rings. The third kappa shape index (κ3) is 3.89. The first kappa shape index (κ1) is 16.9. The van der Waals surface area contributed by atoms with Crippen molar-refractivity contribution in [2.24, 2.45) is 17.8 Å². The lowest BCUT2D eigenvalue weighted by Gasteiger charge is -2.45. The van der Waals surface area contributed by atoms with E-state index in [1.165, 1.54) is 0 Å². The highest BCUT2D eigenvalue weighted by Gasteiger charge is 2.50. The molecule has 9 nitrogen and oxygen atoms in total. The summed E-state index contributed by atoms with van der Waals surface area (Å²) in [6, 6.07) is 0. The fourth-order valence-electron chi connectivity index (χ4n) is 2.99. The van der Waals surface area contributed by atoms with E-state index in [0.717, 1.165) is 0 Å². The second-order valence-electron chi connectivity index (χ2n) is 5.12. The Morgan fingerprint density at radius 1 is 0.619 bits per heavy atom. The number of hydrogen-bond donors (Lipinski definition) is 3. The lowest BCUT2D eigenvalue weighted by molar-refractivity contribution is -0.152. The van der Waals surface area contributed by atoms with Crippen molar-refractivity contribution in [3.63, 3.8) is 0 Å². The Hall–Kier alpha value is -2.19. The molecule has 0 atom stereocenters. The van der Waals surface area contributed by atoms with Gasteiger partial charge in [0.1, 0.15) is 18.3 Å². The van der Waals surface area contributed by atoms with Crippen molar-refractivity contribution in [1.82, 2.24) is 0 Å². The Balaban J connectivity index is 3.06. The zero-order valence-corrected chi connectivity index (χ0v) is 11.8. The van der Waals surface area contributed by atoms with Crippen LogP contribution < -0.4 is 0 Å². The first-order chi connectivity index (χ1) is 9.65. The van der Waals surface area contributed by atoms with Gasteiger partial charge in [0.15, 0.2) is 0 Å². The van der Waals surface area contributed by atoms with E-state index in [9.17, 15) is 14.4 Å². The highest BCUT2D eigenvalue weighted by molar-refractivity contribution is 5.59. The van der Waals surface area contributed by atoms with Crippen molar-refractivity contribution in [1.29, 1.82) is 0 Å². The van der Waals surface area contributed by atoms with Crippen molar-refractivity contribution < 1.29 is 43.9 Å². The number of rotatable bonds is 3. The van der Waals surface area contributed by atoms with Crippen LogP contribution in [0.3, 0.4) is 0 Å². The minimum absolute atomic E-state index is 0.573. The predicted molar refractivity (Wildman–Crippen MR) is 66.2 cm³/mol. The third-order valence-electron chi connectivity index (χ3n) is 3.82. The molecule has 1 aliphatic carbocycles. The van der Waals surface area contributed by atoms with E-state index in [0.29, 0.717) is 0 Å². The Kier molecular flexibility index (Phi) is 5.23. The Bertz CT molecular complexity index is 347. The van der Waals surface area contributed by atoms with Crippen LogP contribution in [0.15, 0.2) is 0 Å². The molecule has 0 saturated heterocycles. The first-order valence-electron chi connectivity index (χ1n) is 6.33. The third-order valence-corrected chi connectivity index (χ3v) is 3.82. The highest BCUT2D eigenvalue weighted by atomic mass is 16.7. The second-order valence-corrected chi connectivity index (χ2v) is 5.12. The van der Waals surface area contributed by atoms with Gasteiger partial charge in [-0.05, 0) is 0 Å². The van der Waals surface area contributed by atoms with Crippen molar-refractivity contribution in [2.75, 3.05) is 0 Å². The summed E-state index contributed by atoms with van der Waals surface area (Å²) in [7, 11) is 0. The molecule has 0 aliphatic heterocycles. The van der Waals surface area contributed by atoms with Gasteiger partial charge in [-0.15, -0.1) is 0 Å². The molecule has 0 aromatic carbocycles. The maximum Gasteiger partial charge on any atom is 0.506 e. The van der Waals surface area contributed by atoms with Crippen molar-refractivity contribution in [2.45, 2.75) is 39.1 Å². The maximum atomic E-state index is 10.8.